The normalized spacial score (nSPS) is 11.2. The van der Waals surface area contributed by atoms with Crippen LogP contribution < -0.4 is 4.74 Å². The van der Waals surface area contributed by atoms with Crippen molar-refractivity contribution in [1.82, 2.24) is 4.57 Å². The molecule has 0 saturated heterocycles. The average molecular weight is 231 g/mol. The summed E-state index contributed by atoms with van der Waals surface area (Å²) in [5.41, 5.74) is 1.85. The number of nitrogens with zero attached hydrogens (tertiary/aromatic N) is 1. The summed E-state index contributed by atoms with van der Waals surface area (Å²) >= 11 is 0. The number of aliphatic carboxylic acids is 1. The van der Waals surface area contributed by atoms with E-state index in [1.54, 1.807) is 13.2 Å². The van der Waals surface area contributed by atoms with Crippen molar-refractivity contribution >= 4 is 22.9 Å². The predicted octanol–water partition coefficient (Wildman–Crippen LogP) is 2.28. The van der Waals surface area contributed by atoms with E-state index in [-0.39, 0.29) is 0 Å². The highest BCUT2D eigenvalue weighted by atomic mass is 16.5. The summed E-state index contributed by atoms with van der Waals surface area (Å²) in [7, 11) is 3.51. The van der Waals surface area contributed by atoms with Crippen LogP contribution in [-0.4, -0.2) is 22.8 Å². The zero-order valence-electron chi connectivity index (χ0n) is 9.68. The van der Waals surface area contributed by atoms with Gasteiger partial charge in [0.15, 0.2) is 0 Å². The number of ether oxygens (including phenoxy) is 1. The minimum absolute atomic E-state index is 0.785. The highest BCUT2D eigenvalue weighted by molar-refractivity contribution is 5.89. The number of aryl methyl sites for hydroxylation is 1. The zero-order chi connectivity index (χ0) is 12.4. The Morgan fingerprint density at radius 3 is 2.82 bits per heavy atom. The van der Waals surface area contributed by atoms with E-state index in [1.165, 1.54) is 0 Å². The average Bonchev–Trinajstić information content (AvgIpc) is 2.63. The molecule has 0 unspecified atom stereocenters. The van der Waals surface area contributed by atoms with Gasteiger partial charge in [-0.25, -0.2) is 4.79 Å². The van der Waals surface area contributed by atoms with Crippen LogP contribution in [0.4, 0.5) is 0 Å². The molecule has 0 aliphatic heterocycles. The fourth-order valence-electron chi connectivity index (χ4n) is 1.77. The largest absolute Gasteiger partial charge is 0.497 e. The van der Waals surface area contributed by atoms with Crippen LogP contribution in [0.5, 0.6) is 5.75 Å². The standard InChI is InChI=1S/C13H13NO3/c1-14-10(4-6-13(15)16)7-9-3-5-11(17-2)8-12(9)14/h3-8H,1-2H3,(H,15,16)/b6-4+. The minimum Gasteiger partial charge on any atom is -0.497 e. The van der Waals surface area contributed by atoms with Gasteiger partial charge in [0, 0.05) is 30.3 Å². The molecular formula is C13H13NO3. The maximum atomic E-state index is 10.5. The van der Waals surface area contributed by atoms with Gasteiger partial charge in [0.25, 0.3) is 0 Å². The maximum absolute atomic E-state index is 10.5. The van der Waals surface area contributed by atoms with E-state index in [2.05, 4.69) is 0 Å². The van der Waals surface area contributed by atoms with Crippen molar-refractivity contribution in [3.63, 3.8) is 0 Å². The SMILES string of the molecule is COc1ccc2cc(/C=C/C(=O)O)n(C)c2c1. The number of carboxylic acid groups (broad SMARTS) is 1. The number of methoxy groups -OCH3 is 1. The van der Waals surface area contributed by atoms with E-state index in [4.69, 9.17) is 9.84 Å². The van der Waals surface area contributed by atoms with Gasteiger partial charge in [0.1, 0.15) is 5.75 Å². The Morgan fingerprint density at radius 2 is 2.18 bits per heavy atom. The number of hydrogen-bond donors (Lipinski definition) is 1. The van der Waals surface area contributed by atoms with Crippen LogP contribution in [0, 0.1) is 0 Å². The fraction of sp³-hybridized carbons (Fsp3) is 0.154. The van der Waals surface area contributed by atoms with Gasteiger partial charge in [-0.3, -0.25) is 0 Å². The van der Waals surface area contributed by atoms with Crippen molar-refractivity contribution < 1.29 is 14.6 Å². The lowest BCUT2D eigenvalue weighted by Crippen LogP contribution is -1.92. The van der Waals surface area contributed by atoms with Gasteiger partial charge >= 0.3 is 5.97 Å². The number of carbonyl (C=O) groups is 1. The second kappa shape index (κ2) is 4.33. The number of rotatable bonds is 3. The van der Waals surface area contributed by atoms with Crippen molar-refractivity contribution in [2.75, 3.05) is 7.11 Å². The summed E-state index contributed by atoms with van der Waals surface area (Å²) in [6.07, 6.45) is 2.71. The maximum Gasteiger partial charge on any atom is 0.328 e. The van der Waals surface area contributed by atoms with Crippen molar-refractivity contribution in [1.29, 1.82) is 0 Å². The lowest BCUT2D eigenvalue weighted by Gasteiger charge is -2.02. The zero-order valence-corrected chi connectivity index (χ0v) is 9.68. The Balaban J connectivity index is 2.53. The molecule has 0 aliphatic rings. The molecule has 1 aromatic heterocycles. The molecule has 88 valence electrons. The first-order chi connectivity index (χ1) is 8.11. The van der Waals surface area contributed by atoms with Crippen LogP contribution >= 0.6 is 0 Å². The van der Waals surface area contributed by atoms with E-state index >= 15 is 0 Å². The van der Waals surface area contributed by atoms with Gasteiger partial charge in [-0.15, -0.1) is 0 Å². The molecular weight excluding hydrogens is 218 g/mol. The molecule has 2 rings (SSSR count). The molecule has 1 aromatic carbocycles. The topological polar surface area (TPSA) is 51.5 Å². The third-order valence-electron chi connectivity index (χ3n) is 2.69. The van der Waals surface area contributed by atoms with Crippen LogP contribution in [0.15, 0.2) is 30.3 Å². The molecule has 2 aromatic rings. The predicted molar refractivity (Wildman–Crippen MR) is 66.1 cm³/mol. The first-order valence-electron chi connectivity index (χ1n) is 5.16. The summed E-state index contributed by atoms with van der Waals surface area (Å²) in [5.74, 6) is -0.166. The monoisotopic (exact) mass is 231 g/mol. The minimum atomic E-state index is -0.951. The van der Waals surface area contributed by atoms with Gasteiger partial charge < -0.3 is 14.4 Å². The molecule has 0 spiro atoms. The Labute approximate surface area is 98.7 Å². The van der Waals surface area contributed by atoms with Crippen molar-refractivity contribution in [3.8, 4) is 5.75 Å². The fourth-order valence-corrected chi connectivity index (χ4v) is 1.77. The summed E-state index contributed by atoms with van der Waals surface area (Å²) in [6.45, 7) is 0. The van der Waals surface area contributed by atoms with Gasteiger partial charge in [0.2, 0.25) is 0 Å². The number of aromatic nitrogens is 1. The first-order valence-corrected chi connectivity index (χ1v) is 5.16. The second-order valence-electron chi connectivity index (χ2n) is 3.72. The van der Waals surface area contributed by atoms with E-state index in [0.29, 0.717) is 0 Å². The summed E-state index contributed by atoms with van der Waals surface area (Å²) in [6, 6.07) is 7.70. The van der Waals surface area contributed by atoms with Gasteiger partial charge in [-0.2, -0.15) is 0 Å². The van der Waals surface area contributed by atoms with Crippen LogP contribution in [-0.2, 0) is 11.8 Å². The third-order valence-corrected chi connectivity index (χ3v) is 2.69. The Kier molecular flexibility index (Phi) is 2.87. The lowest BCUT2D eigenvalue weighted by atomic mass is 10.2. The molecule has 0 atom stereocenters. The number of fused-ring (bicyclic) bond motifs is 1. The Hall–Kier alpha value is -2.23. The molecule has 4 nitrogen and oxygen atoms in total. The summed E-state index contributed by atoms with van der Waals surface area (Å²) in [4.78, 5) is 10.5. The molecule has 1 heterocycles. The second-order valence-corrected chi connectivity index (χ2v) is 3.72. The summed E-state index contributed by atoms with van der Waals surface area (Å²) < 4.78 is 7.09. The molecule has 1 N–H and O–H groups in total. The molecule has 0 fully saturated rings. The smallest absolute Gasteiger partial charge is 0.328 e. The Morgan fingerprint density at radius 1 is 1.41 bits per heavy atom. The number of benzene rings is 1. The van der Waals surface area contributed by atoms with Crippen molar-refractivity contribution in [3.05, 3.63) is 36.0 Å². The highest BCUT2D eigenvalue weighted by Crippen LogP contribution is 2.24. The van der Waals surface area contributed by atoms with Crippen molar-refractivity contribution in [2.24, 2.45) is 7.05 Å². The number of carboxylic acids is 1. The van der Waals surface area contributed by atoms with Gasteiger partial charge in [-0.05, 0) is 24.3 Å². The lowest BCUT2D eigenvalue weighted by molar-refractivity contribution is -0.131. The summed E-state index contributed by atoms with van der Waals surface area (Å²) in [5, 5.41) is 9.66. The molecule has 0 aliphatic carbocycles. The molecule has 0 radical (unpaired) electrons. The van der Waals surface area contributed by atoms with Gasteiger partial charge in [0.05, 0.1) is 12.6 Å². The van der Waals surface area contributed by atoms with Crippen molar-refractivity contribution in [2.45, 2.75) is 0 Å². The van der Waals surface area contributed by atoms with E-state index < -0.39 is 5.97 Å². The van der Waals surface area contributed by atoms with Gasteiger partial charge in [-0.1, -0.05) is 0 Å². The van der Waals surface area contributed by atoms with E-state index in [0.717, 1.165) is 28.4 Å². The van der Waals surface area contributed by atoms with Crippen LogP contribution in [0.3, 0.4) is 0 Å². The molecule has 0 amide bonds. The van der Waals surface area contributed by atoms with Crippen LogP contribution in [0.25, 0.3) is 17.0 Å². The first kappa shape index (κ1) is 11.3. The van der Waals surface area contributed by atoms with Crippen LogP contribution in [0.2, 0.25) is 0 Å². The van der Waals surface area contributed by atoms with E-state index in [9.17, 15) is 4.79 Å². The molecule has 0 saturated carbocycles. The Bertz CT molecular complexity index is 596. The molecule has 4 heteroatoms. The quantitative estimate of drug-likeness (QED) is 0.824. The number of hydrogen-bond acceptors (Lipinski definition) is 2. The highest BCUT2D eigenvalue weighted by Gasteiger charge is 2.04. The van der Waals surface area contributed by atoms with E-state index in [1.807, 2.05) is 35.9 Å². The molecule has 17 heavy (non-hydrogen) atoms. The van der Waals surface area contributed by atoms with Crippen LogP contribution in [0.1, 0.15) is 5.69 Å². The third kappa shape index (κ3) is 2.15. The molecule has 0 bridgehead atoms.